The van der Waals surface area contributed by atoms with Crippen molar-refractivity contribution in [3.05, 3.63) is 36.5 Å². The van der Waals surface area contributed by atoms with Gasteiger partial charge < -0.3 is 14.3 Å². The van der Waals surface area contributed by atoms with Gasteiger partial charge in [0.25, 0.3) is 0 Å². The molecule has 0 unspecified atom stereocenters. The molecule has 1 fully saturated rings. The lowest BCUT2D eigenvalue weighted by Gasteiger charge is -2.38. The molecule has 2 aliphatic rings. The summed E-state index contributed by atoms with van der Waals surface area (Å²) in [4.78, 5) is 12.0. The molecule has 0 aromatic carbocycles. The lowest BCUT2D eigenvalue weighted by molar-refractivity contribution is -0.150. The van der Waals surface area contributed by atoms with Gasteiger partial charge in [-0.05, 0) is 56.2 Å². The van der Waals surface area contributed by atoms with Gasteiger partial charge in [-0.15, -0.1) is 0 Å². The maximum absolute atomic E-state index is 12.0. The fraction of sp³-hybridized carbons (Fsp3) is 0.731. The fourth-order valence-corrected chi connectivity index (χ4v) is 5.09. The third-order valence-electron chi connectivity index (χ3n) is 6.92. The van der Waals surface area contributed by atoms with Gasteiger partial charge in [0.15, 0.2) is 8.32 Å². The van der Waals surface area contributed by atoms with Gasteiger partial charge in [0, 0.05) is 18.8 Å². The molecule has 2 rings (SSSR count). The van der Waals surface area contributed by atoms with E-state index < -0.39 is 14.4 Å². The normalized spacial score (nSPS) is 28.6. The Kier molecular flexibility index (Phi) is 9.78. The van der Waals surface area contributed by atoms with Gasteiger partial charge in [-0.3, -0.25) is 4.79 Å². The molecule has 5 heteroatoms. The molecule has 0 aromatic rings. The Morgan fingerprint density at radius 2 is 2.00 bits per heavy atom. The zero-order valence-corrected chi connectivity index (χ0v) is 21.5. The smallest absolute Gasteiger partial charge is 0.306 e. The van der Waals surface area contributed by atoms with Gasteiger partial charge in [-0.2, -0.15) is 0 Å². The predicted molar refractivity (Wildman–Crippen MR) is 130 cm³/mol. The highest BCUT2D eigenvalue weighted by Gasteiger charge is 2.47. The van der Waals surface area contributed by atoms with E-state index in [0.29, 0.717) is 6.42 Å². The van der Waals surface area contributed by atoms with E-state index in [0.717, 1.165) is 38.5 Å². The Morgan fingerprint density at radius 1 is 1.26 bits per heavy atom. The SMILES string of the molecule is CC/C=C\C[C@@H](/C=C/[C@@H](O)[C@@H]1C[C@H]1[C@@H]1C/C=C\CCCC(=O)O1)O[Si](C)(C)C(C)(C)C. The van der Waals surface area contributed by atoms with Crippen LogP contribution in [-0.4, -0.2) is 37.7 Å². The third kappa shape index (κ3) is 8.36. The number of aliphatic hydroxyl groups excluding tert-OH is 1. The number of rotatable bonds is 9. The molecule has 31 heavy (non-hydrogen) atoms. The first kappa shape index (κ1) is 26.1. The van der Waals surface area contributed by atoms with Crippen molar-refractivity contribution >= 4 is 14.3 Å². The molecular formula is C26H44O4Si. The lowest BCUT2D eigenvalue weighted by Crippen LogP contribution is -2.43. The first-order valence-corrected chi connectivity index (χ1v) is 15.0. The Bertz CT molecular complexity index is 659. The molecule has 0 bridgehead atoms. The summed E-state index contributed by atoms with van der Waals surface area (Å²) < 4.78 is 12.3. The van der Waals surface area contributed by atoms with Crippen LogP contribution in [0.3, 0.4) is 0 Å². The summed E-state index contributed by atoms with van der Waals surface area (Å²) in [5.74, 6) is 0.295. The average molecular weight is 449 g/mol. The van der Waals surface area contributed by atoms with Crippen LogP contribution in [-0.2, 0) is 14.0 Å². The number of allylic oxidation sites excluding steroid dienone is 2. The van der Waals surface area contributed by atoms with E-state index in [1.165, 1.54) is 0 Å². The number of hydrogen-bond donors (Lipinski definition) is 1. The van der Waals surface area contributed by atoms with Gasteiger partial charge >= 0.3 is 5.97 Å². The molecule has 0 spiro atoms. The number of carbonyl (C=O) groups is 1. The van der Waals surface area contributed by atoms with E-state index in [1.54, 1.807) is 0 Å². The molecule has 0 saturated heterocycles. The highest BCUT2D eigenvalue weighted by molar-refractivity contribution is 6.74. The van der Waals surface area contributed by atoms with Crippen molar-refractivity contribution in [3.63, 3.8) is 0 Å². The maximum atomic E-state index is 12.0. The summed E-state index contributed by atoms with van der Waals surface area (Å²) >= 11 is 0. The van der Waals surface area contributed by atoms with Crippen molar-refractivity contribution in [1.82, 2.24) is 0 Å². The van der Waals surface area contributed by atoms with E-state index in [9.17, 15) is 9.90 Å². The molecule has 5 atom stereocenters. The summed E-state index contributed by atoms with van der Waals surface area (Å²) in [6.45, 7) is 13.4. The summed E-state index contributed by atoms with van der Waals surface area (Å²) in [6.07, 6.45) is 17.7. The number of carbonyl (C=O) groups excluding carboxylic acids is 1. The fourth-order valence-electron chi connectivity index (χ4n) is 3.81. The molecule has 1 saturated carbocycles. The zero-order chi connectivity index (χ0) is 23.1. The Hall–Kier alpha value is -1.17. The highest BCUT2D eigenvalue weighted by atomic mass is 28.4. The van der Waals surface area contributed by atoms with Crippen molar-refractivity contribution in [1.29, 1.82) is 0 Å². The summed E-state index contributed by atoms with van der Waals surface area (Å²) in [6, 6.07) is 0. The van der Waals surface area contributed by atoms with Crippen LogP contribution < -0.4 is 0 Å². The van der Waals surface area contributed by atoms with E-state index in [4.69, 9.17) is 9.16 Å². The molecule has 0 amide bonds. The van der Waals surface area contributed by atoms with Crippen LogP contribution in [0.4, 0.5) is 0 Å². The van der Waals surface area contributed by atoms with Gasteiger partial charge in [0.2, 0.25) is 0 Å². The predicted octanol–water partition coefficient (Wildman–Crippen LogP) is 6.33. The number of aliphatic hydroxyl groups is 1. The van der Waals surface area contributed by atoms with Gasteiger partial charge in [0.05, 0.1) is 12.2 Å². The van der Waals surface area contributed by atoms with Gasteiger partial charge in [-0.1, -0.05) is 64.2 Å². The van der Waals surface area contributed by atoms with E-state index >= 15 is 0 Å². The lowest BCUT2D eigenvalue weighted by atomic mass is 10.1. The van der Waals surface area contributed by atoms with Crippen molar-refractivity contribution in [2.24, 2.45) is 11.8 Å². The molecule has 176 valence electrons. The topological polar surface area (TPSA) is 55.8 Å². The van der Waals surface area contributed by atoms with Crippen molar-refractivity contribution in [2.45, 2.75) is 109 Å². The Balaban J connectivity index is 1.99. The molecule has 1 aliphatic carbocycles. The van der Waals surface area contributed by atoms with Crippen LogP contribution in [0.1, 0.15) is 72.6 Å². The second-order valence-electron chi connectivity index (χ2n) is 10.6. The number of hydrogen-bond acceptors (Lipinski definition) is 4. The van der Waals surface area contributed by atoms with Crippen LogP contribution in [0, 0.1) is 11.8 Å². The van der Waals surface area contributed by atoms with Gasteiger partial charge in [0.1, 0.15) is 6.10 Å². The molecule has 4 nitrogen and oxygen atoms in total. The minimum absolute atomic E-state index is 0.0267. The minimum atomic E-state index is -1.91. The first-order chi connectivity index (χ1) is 14.5. The largest absolute Gasteiger partial charge is 0.462 e. The average Bonchev–Trinajstić information content (AvgIpc) is 3.45. The summed E-state index contributed by atoms with van der Waals surface area (Å²) in [5, 5.41) is 10.9. The second kappa shape index (κ2) is 11.6. The van der Waals surface area contributed by atoms with Crippen molar-refractivity contribution in [3.8, 4) is 0 Å². The maximum Gasteiger partial charge on any atom is 0.306 e. The number of esters is 1. The second-order valence-corrected chi connectivity index (χ2v) is 15.4. The third-order valence-corrected chi connectivity index (χ3v) is 11.4. The first-order valence-electron chi connectivity index (χ1n) is 12.1. The van der Waals surface area contributed by atoms with E-state index in [2.05, 4.69) is 71.2 Å². The molecule has 0 aromatic heterocycles. The van der Waals surface area contributed by atoms with Crippen LogP contribution in [0.15, 0.2) is 36.5 Å². The number of cyclic esters (lactones) is 1. The Labute approximate surface area is 190 Å². The van der Waals surface area contributed by atoms with Crippen LogP contribution in [0.2, 0.25) is 18.1 Å². The molecule has 0 radical (unpaired) electrons. The molecular weight excluding hydrogens is 404 g/mol. The van der Waals surface area contributed by atoms with Crippen LogP contribution >= 0.6 is 0 Å². The zero-order valence-electron chi connectivity index (χ0n) is 20.5. The summed E-state index contributed by atoms with van der Waals surface area (Å²) in [7, 11) is -1.91. The van der Waals surface area contributed by atoms with Crippen molar-refractivity contribution in [2.75, 3.05) is 0 Å². The standard InChI is InChI=1S/C26H44O4Si/c1-7-8-11-14-20(30-31(5,6)26(2,3)4)17-18-23(27)21-19-22(21)24-15-12-9-10-13-16-25(28)29-24/h8-9,11-12,17-18,20-24,27H,7,10,13-16,19H2,1-6H3/b11-8-,12-9-,18-17+/t20-,21+,22+,23+,24-/m0/s1. The van der Waals surface area contributed by atoms with Crippen LogP contribution in [0.25, 0.3) is 0 Å². The molecule has 1 heterocycles. The summed E-state index contributed by atoms with van der Waals surface area (Å²) in [5.41, 5.74) is 0. The quantitative estimate of drug-likeness (QED) is 0.254. The molecule has 1 aliphatic heterocycles. The molecule has 1 N–H and O–H groups in total. The Morgan fingerprint density at radius 3 is 2.68 bits per heavy atom. The van der Waals surface area contributed by atoms with Crippen LogP contribution in [0.5, 0.6) is 0 Å². The highest BCUT2D eigenvalue weighted by Crippen LogP contribution is 2.46. The van der Waals surface area contributed by atoms with E-state index in [1.807, 2.05) is 6.08 Å². The van der Waals surface area contributed by atoms with E-state index in [-0.39, 0.29) is 35.1 Å². The van der Waals surface area contributed by atoms with Gasteiger partial charge in [-0.25, -0.2) is 0 Å². The monoisotopic (exact) mass is 448 g/mol. The van der Waals surface area contributed by atoms with Crippen molar-refractivity contribution < 1.29 is 19.1 Å². The number of ether oxygens (including phenoxy) is 1. The minimum Gasteiger partial charge on any atom is -0.462 e.